The smallest absolute Gasteiger partial charge is 0.0468 e. The minimum atomic E-state index is 0.749. The molecule has 218 valence electrons. The van der Waals surface area contributed by atoms with Crippen LogP contribution in [-0.2, 0) is 9.47 Å². The molecule has 0 radical (unpaired) electrons. The van der Waals surface area contributed by atoms with Crippen molar-refractivity contribution in [2.75, 3.05) is 26.4 Å². The van der Waals surface area contributed by atoms with E-state index in [9.17, 15) is 0 Å². The van der Waals surface area contributed by atoms with E-state index in [2.05, 4.69) is 27.7 Å². The van der Waals surface area contributed by atoms with Gasteiger partial charge in [-0.1, -0.05) is 156 Å². The first-order valence-corrected chi connectivity index (χ1v) is 16.9. The summed E-state index contributed by atoms with van der Waals surface area (Å²) < 4.78 is 12.0. The Morgan fingerprint density at radius 3 is 1.11 bits per heavy atom. The van der Waals surface area contributed by atoms with Crippen LogP contribution >= 0.6 is 0 Å². The van der Waals surface area contributed by atoms with Crippen LogP contribution < -0.4 is 0 Å². The van der Waals surface area contributed by atoms with Crippen molar-refractivity contribution in [1.82, 2.24) is 0 Å². The first-order chi connectivity index (χ1) is 17.8. The SMILES string of the molecule is CCCCCCCCCCCCOCCC(C)C(CCC)CCOCCCCCCCCCCCC. The Morgan fingerprint density at radius 1 is 0.361 bits per heavy atom. The number of hydrogen-bond acceptors (Lipinski definition) is 2. The summed E-state index contributed by atoms with van der Waals surface area (Å²) in [5.41, 5.74) is 0. The van der Waals surface area contributed by atoms with Gasteiger partial charge in [-0.15, -0.1) is 0 Å². The molecule has 0 spiro atoms. The lowest BCUT2D eigenvalue weighted by atomic mass is 9.85. The minimum Gasteiger partial charge on any atom is -0.381 e. The molecule has 0 aliphatic rings. The molecule has 2 unspecified atom stereocenters. The van der Waals surface area contributed by atoms with Crippen LogP contribution in [0.4, 0.5) is 0 Å². The Bertz CT molecular complexity index is 383. The van der Waals surface area contributed by atoms with Gasteiger partial charge in [-0.05, 0) is 37.5 Å². The van der Waals surface area contributed by atoms with Crippen LogP contribution in [0.15, 0.2) is 0 Å². The van der Waals surface area contributed by atoms with Gasteiger partial charge >= 0.3 is 0 Å². The summed E-state index contributed by atoms with van der Waals surface area (Å²) in [6, 6.07) is 0. The number of hydrogen-bond donors (Lipinski definition) is 0. The Balaban J connectivity index is 3.53. The summed E-state index contributed by atoms with van der Waals surface area (Å²) in [4.78, 5) is 0. The van der Waals surface area contributed by atoms with E-state index in [1.54, 1.807) is 0 Å². The van der Waals surface area contributed by atoms with Crippen molar-refractivity contribution < 1.29 is 9.47 Å². The Hall–Kier alpha value is -0.0800. The summed E-state index contributed by atoms with van der Waals surface area (Å²) in [7, 11) is 0. The van der Waals surface area contributed by atoms with Crippen LogP contribution in [-0.4, -0.2) is 26.4 Å². The highest BCUT2D eigenvalue weighted by atomic mass is 16.5. The Labute approximate surface area is 229 Å². The van der Waals surface area contributed by atoms with Crippen molar-refractivity contribution in [3.05, 3.63) is 0 Å². The van der Waals surface area contributed by atoms with Gasteiger partial charge in [0.05, 0.1) is 0 Å². The van der Waals surface area contributed by atoms with Gasteiger partial charge in [0.25, 0.3) is 0 Å². The zero-order valence-corrected chi connectivity index (χ0v) is 25.8. The topological polar surface area (TPSA) is 18.5 Å². The molecule has 2 heteroatoms. The van der Waals surface area contributed by atoms with Gasteiger partial charge in [0.15, 0.2) is 0 Å². The molecule has 0 aliphatic heterocycles. The Morgan fingerprint density at radius 2 is 0.722 bits per heavy atom. The maximum Gasteiger partial charge on any atom is 0.0468 e. The molecule has 0 aliphatic carbocycles. The zero-order chi connectivity index (χ0) is 26.4. The summed E-state index contributed by atoms with van der Waals surface area (Å²) in [6.45, 7) is 13.2. The van der Waals surface area contributed by atoms with Gasteiger partial charge < -0.3 is 9.47 Å². The van der Waals surface area contributed by atoms with Crippen LogP contribution in [0.3, 0.4) is 0 Å². The van der Waals surface area contributed by atoms with E-state index >= 15 is 0 Å². The van der Waals surface area contributed by atoms with Crippen LogP contribution in [0.1, 0.15) is 182 Å². The van der Waals surface area contributed by atoms with Gasteiger partial charge in [0, 0.05) is 26.4 Å². The molecule has 0 heterocycles. The van der Waals surface area contributed by atoms with Crippen LogP contribution in [0.5, 0.6) is 0 Å². The van der Waals surface area contributed by atoms with E-state index < -0.39 is 0 Å². The average Bonchev–Trinajstić information content (AvgIpc) is 2.88. The third-order valence-corrected chi connectivity index (χ3v) is 8.10. The van der Waals surface area contributed by atoms with E-state index in [1.807, 2.05) is 0 Å². The lowest BCUT2D eigenvalue weighted by molar-refractivity contribution is 0.0870. The molecule has 0 saturated carbocycles. The monoisotopic (exact) mass is 511 g/mol. The fraction of sp³-hybridized carbons (Fsp3) is 1.00. The molecule has 0 N–H and O–H groups in total. The van der Waals surface area contributed by atoms with Gasteiger partial charge in [-0.3, -0.25) is 0 Å². The maximum atomic E-state index is 6.02. The van der Waals surface area contributed by atoms with Gasteiger partial charge in [-0.25, -0.2) is 0 Å². The fourth-order valence-corrected chi connectivity index (χ4v) is 5.41. The standard InChI is InChI=1S/C34H70O2/c1-5-8-10-12-14-16-18-20-22-24-29-35-31-27-33(4)34(26-7-3)28-32-36-30-25-23-21-19-17-15-13-11-9-6-2/h33-34H,5-32H2,1-4H3. The molecule has 0 aromatic rings. The van der Waals surface area contributed by atoms with Gasteiger partial charge in [0.1, 0.15) is 0 Å². The third-order valence-electron chi connectivity index (χ3n) is 8.10. The van der Waals surface area contributed by atoms with Crippen LogP contribution in [0.2, 0.25) is 0 Å². The molecule has 0 bridgehead atoms. The molecule has 2 nitrogen and oxygen atoms in total. The van der Waals surface area contributed by atoms with Crippen molar-refractivity contribution in [3.63, 3.8) is 0 Å². The molecule has 0 aromatic heterocycles. The number of ether oxygens (including phenoxy) is 2. The lowest BCUT2D eigenvalue weighted by Gasteiger charge is -2.23. The molecule has 0 aromatic carbocycles. The average molecular weight is 511 g/mol. The minimum absolute atomic E-state index is 0.749. The molecular formula is C34H70O2. The second-order valence-corrected chi connectivity index (χ2v) is 11.7. The maximum absolute atomic E-state index is 6.02. The first-order valence-electron chi connectivity index (χ1n) is 16.9. The quantitative estimate of drug-likeness (QED) is 0.0863. The highest BCUT2D eigenvalue weighted by molar-refractivity contribution is 4.66. The van der Waals surface area contributed by atoms with E-state index in [-0.39, 0.29) is 0 Å². The van der Waals surface area contributed by atoms with E-state index in [0.29, 0.717) is 0 Å². The highest BCUT2D eigenvalue weighted by Crippen LogP contribution is 2.24. The summed E-state index contributed by atoms with van der Waals surface area (Å²) in [6.07, 6.45) is 32.9. The van der Waals surface area contributed by atoms with Crippen LogP contribution in [0.25, 0.3) is 0 Å². The molecule has 36 heavy (non-hydrogen) atoms. The van der Waals surface area contributed by atoms with Crippen molar-refractivity contribution in [2.24, 2.45) is 11.8 Å². The van der Waals surface area contributed by atoms with E-state index in [0.717, 1.165) is 38.3 Å². The predicted octanol–water partition coefficient (Wildman–Crippen LogP) is 11.7. The lowest BCUT2D eigenvalue weighted by Crippen LogP contribution is -2.16. The fourth-order valence-electron chi connectivity index (χ4n) is 5.41. The first kappa shape index (κ1) is 35.9. The van der Waals surface area contributed by atoms with E-state index in [4.69, 9.17) is 9.47 Å². The number of unbranched alkanes of at least 4 members (excludes halogenated alkanes) is 18. The molecular weight excluding hydrogens is 440 g/mol. The molecule has 0 amide bonds. The predicted molar refractivity (Wildman–Crippen MR) is 162 cm³/mol. The van der Waals surface area contributed by atoms with Crippen molar-refractivity contribution >= 4 is 0 Å². The Kier molecular flexibility index (Phi) is 31.1. The largest absolute Gasteiger partial charge is 0.381 e. The van der Waals surface area contributed by atoms with Gasteiger partial charge in [-0.2, -0.15) is 0 Å². The summed E-state index contributed by atoms with van der Waals surface area (Å²) >= 11 is 0. The molecule has 0 fully saturated rings. The normalized spacial score (nSPS) is 13.3. The molecule has 0 saturated heterocycles. The van der Waals surface area contributed by atoms with E-state index in [1.165, 1.54) is 154 Å². The number of rotatable bonds is 31. The van der Waals surface area contributed by atoms with Crippen molar-refractivity contribution in [3.8, 4) is 0 Å². The van der Waals surface area contributed by atoms with Gasteiger partial charge in [0.2, 0.25) is 0 Å². The highest BCUT2D eigenvalue weighted by Gasteiger charge is 2.16. The van der Waals surface area contributed by atoms with Crippen LogP contribution in [0, 0.1) is 11.8 Å². The zero-order valence-electron chi connectivity index (χ0n) is 25.8. The summed E-state index contributed by atoms with van der Waals surface area (Å²) in [5.74, 6) is 1.54. The van der Waals surface area contributed by atoms with Crippen molar-refractivity contribution in [2.45, 2.75) is 182 Å². The molecule has 0 rings (SSSR count). The second kappa shape index (κ2) is 31.1. The van der Waals surface area contributed by atoms with Crippen molar-refractivity contribution in [1.29, 1.82) is 0 Å². The second-order valence-electron chi connectivity index (χ2n) is 11.7. The summed E-state index contributed by atoms with van der Waals surface area (Å²) in [5, 5.41) is 0. The third kappa shape index (κ3) is 27.0. The molecule has 2 atom stereocenters.